The number of nitrogens with zero attached hydrogens (tertiary/aromatic N) is 4. The van der Waals surface area contributed by atoms with Crippen molar-refractivity contribution >= 4 is 34.2 Å². The Morgan fingerprint density at radius 3 is 2.91 bits per heavy atom. The predicted molar refractivity (Wildman–Crippen MR) is 81.3 cm³/mol. The molecule has 0 aliphatic heterocycles. The quantitative estimate of drug-likeness (QED) is 0.704. The number of fused-ring (bicyclic) bond motifs is 1. The van der Waals surface area contributed by atoms with Crippen molar-refractivity contribution in [2.24, 2.45) is 0 Å². The molecule has 8 heteroatoms. The van der Waals surface area contributed by atoms with E-state index in [0.29, 0.717) is 11.5 Å². The van der Waals surface area contributed by atoms with Crippen LogP contribution in [0.5, 0.6) is 0 Å². The van der Waals surface area contributed by atoms with E-state index in [0.717, 1.165) is 10.9 Å². The molecule has 0 radical (unpaired) electrons. The number of benzene rings is 1. The van der Waals surface area contributed by atoms with Gasteiger partial charge in [0, 0.05) is 24.2 Å². The first-order valence-electron chi connectivity index (χ1n) is 6.61. The molecule has 0 aliphatic carbocycles. The van der Waals surface area contributed by atoms with Crippen LogP contribution in [0.2, 0.25) is 0 Å². The standard InChI is InChI=1S/C14H14N6O2/c1-9(21)17-13-7-16-20(18-13)8-14(22)19-6-5-10-11(15)3-2-4-12(10)19/h2-7H,8,15H2,1H3,(H,17,18,21). The minimum Gasteiger partial charge on any atom is -0.398 e. The highest BCUT2D eigenvalue weighted by Crippen LogP contribution is 2.21. The van der Waals surface area contributed by atoms with Crippen LogP contribution in [0, 0.1) is 0 Å². The van der Waals surface area contributed by atoms with E-state index in [4.69, 9.17) is 5.73 Å². The summed E-state index contributed by atoms with van der Waals surface area (Å²) in [6.45, 7) is 1.33. The van der Waals surface area contributed by atoms with Crippen LogP contribution in [0.1, 0.15) is 11.7 Å². The zero-order valence-corrected chi connectivity index (χ0v) is 11.9. The maximum Gasteiger partial charge on any atom is 0.254 e. The predicted octanol–water partition coefficient (Wildman–Crippen LogP) is 1.11. The number of carbonyl (C=O) groups is 2. The van der Waals surface area contributed by atoms with Crippen LogP contribution in [-0.4, -0.2) is 31.4 Å². The fraction of sp³-hybridized carbons (Fsp3) is 0.143. The van der Waals surface area contributed by atoms with E-state index in [-0.39, 0.29) is 18.4 Å². The Hall–Kier alpha value is -3.16. The van der Waals surface area contributed by atoms with Gasteiger partial charge >= 0.3 is 0 Å². The van der Waals surface area contributed by atoms with Gasteiger partial charge in [-0.3, -0.25) is 14.2 Å². The van der Waals surface area contributed by atoms with E-state index in [2.05, 4.69) is 15.5 Å². The van der Waals surface area contributed by atoms with Gasteiger partial charge in [0.2, 0.25) is 5.91 Å². The molecule has 1 aromatic carbocycles. The zero-order valence-electron chi connectivity index (χ0n) is 11.9. The monoisotopic (exact) mass is 298 g/mol. The van der Waals surface area contributed by atoms with Crippen LogP contribution in [-0.2, 0) is 11.3 Å². The van der Waals surface area contributed by atoms with E-state index in [1.807, 2.05) is 6.07 Å². The lowest BCUT2D eigenvalue weighted by Crippen LogP contribution is -2.19. The number of amides is 1. The number of carbonyl (C=O) groups excluding carboxylic acids is 2. The van der Waals surface area contributed by atoms with Crippen molar-refractivity contribution in [1.82, 2.24) is 19.6 Å². The molecule has 0 saturated heterocycles. The third-order valence-corrected chi connectivity index (χ3v) is 3.15. The molecule has 0 spiro atoms. The van der Waals surface area contributed by atoms with Crippen molar-refractivity contribution in [2.45, 2.75) is 13.5 Å². The number of hydrogen-bond acceptors (Lipinski definition) is 5. The van der Waals surface area contributed by atoms with Crippen molar-refractivity contribution in [1.29, 1.82) is 0 Å². The summed E-state index contributed by atoms with van der Waals surface area (Å²) in [6.07, 6.45) is 3.06. The van der Waals surface area contributed by atoms with Crippen molar-refractivity contribution in [2.75, 3.05) is 11.1 Å². The highest BCUT2D eigenvalue weighted by molar-refractivity contribution is 5.97. The van der Waals surface area contributed by atoms with E-state index in [9.17, 15) is 9.59 Å². The normalized spacial score (nSPS) is 10.8. The molecule has 0 saturated carbocycles. The third kappa shape index (κ3) is 2.53. The van der Waals surface area contributed by atoms with Crippen LogP contribution >= 0.6 is 0 Å². The maximum absolute atomic E-state index is 12.4. The summed E-state index contributed by atoms with van der Waals surface area (Å²) in [5, 5.41) is 11.3. The Kier molecular flexibility index (Phi) is 3.34. The Bertz CT molecular complexity index is 863. The molecule has 3 rings (SSSR count). The van der Waals surface area contributed by atoms with Crippen LogP contribution in [0.25, 0.3) is 10.9 Å². The van der Waals surface area contributed by atoms with Crippen LogP contribution < -0.4 is 11.1 Å². The summed E-state index contributed by atoms with van der Waals surface area (Å²) >= 11 is 0. The number of nitrogen functional groups attached to an aromatic ring is 1. The van der Waals surface area contributed by atoms with Crippen molar-refractivity contribution in [3.8, 4) is 0 Å². The van der Waals surface area contributed by atoms with Crippen LogP contribution in [0.4, 0.5) is 11.5 Å². The van der Waals surface area contributed by atoms with Crippen LogP contribution in [0.15, 0.2) is 36.7 Å². The SMILES string of the molecule is CC(=O)Nc1cnn(CC(=O)n2ccc3c(N)cccc32)n1. The molecule has 2 aromatic heterocycles. The molecular weight excluding hydrogens is 284 g/mol. The largest absolute Gasteiger partial charge is 0.398 e. The number of rotatable bonds is 3. The van der Waals surface area contributed by atoms with Gasteiger partial charge in [-0.25, -0.2) is 0 Å². The van der Waals surface area contributed by atoms with Crippen LogP contribution in [0.3, 0.4) is 0 Å². The topological polar surface area (TPSA) is 108 Å². The van der Waals surface area contributed by atoms with Crippen molar-refractivity contribution in [3.63, 3.8) is 0 Å². The molecule has 0 unspecified atom stereocenters. The lowest BCUT2D eigenvalue weighted by atomic mass is 10.2. The van der Waals surface area contributed by atoms with Gasteiger partial charge in [0.15, 0.2) is 5.82 Å². The van der Waals surface area contributed by atoms with Gasteiger partial charge in [-0.05, 0) is 18.2 Å². The fourth-order valence-corrected chi connectivity index (χ4v) is 2.22. The number of nitrogens with two attached hydrogens (primary N) is 1. The summed E-state index contributed by atoms with van der Waals surface area (Å²) < 4.78 is 1.51. The summed E-state index contributed by atoms with van der Waals surface area (Å²) in [4.78, 5) is 24.5. The molecule has 22 heavy (non-hydrogen) atoms. The van der Waals surface area contributed by atoms with Gasteiger partial charge in [-0.1, -0.05) is 6.07 Å². The van der Waals surface area contributed by atoms with Gasteiger partial charge < -0.3 is 11.1 Å². The molecule has 2 heterocycles. The first-order chi connectivity index (χ1) is 10.5. The second kappa shape index (κ2) is 5.32. The van der Waals surface area contributed by atoms with Gasteiger partial charge in [0.1, 0.15) is 6.54 Å². The second-order valence-corrected chi connectivity index (χ2v) is 4.80. The molecular formula is C14H14N6O2. The van der Waals surface area contributed by atoms with Gasteiger partial charge in [0.25, 0.3) is 5.91 Å². The van der Waals surface area contributed by atoms with E-state index < -0.39 is 0 Å². The Labute approximate surface area is 125 Å². The molecule has 8 nitrogen and oxygen atoms in total. The van der Waals surface area contributed by atoms with Gasteiger partial charge in [0.05, 0.1) is 11.7 Å². The number of anilines is 2. The van der Waals surface area contributed by atoms with Gasteiger partial charge in [-0.15, -0.1) is 5.10 Å². The van der Waals surface area contributed by atoms with E-state index in [1.54, 1.807) is 24.4 Å². The lowest BCUT2D eigenvalue weighted by Gasteiger charge is -2.04. The fourth-order valence-electron chi connectivity index (χ4n) is 2.22. The maximum atomic E-state index is 12.4. The lowest BCUT2D eigenvalue weighted by molar-refractivity contribution is -0.114. The summed E-state index contributed by atoms with van der Waals surface area (Å²) in [6, 6.07) is 7.19. The minimum absolute atomic E-state index is 0.0435. The van der Waals surface area contributed by atoms with E-state index in [1.165, 1.54) is 22.5 Å². The second-order valence-electron chi connectivity index (χ2n) is 4.80. The molecule has 0 aliphatic rings. The highest BCUT2D eigenvalue weighted by atomic mass is 16.2. The average molecular weight is 298 g/mol. The van der Waals surface area contributed by atoms with Crippen molar-refractivity contribution < 1.29 is 9.59 Å². The summed E-state index contributed by atoms with van der Waals surface area (Å²) in [5.74, 6) is -0.141. The molecule has 3 aromatic rings. The molecule has 3 N–H and O–H groups in total. The summed E-state index contributed by atoms with van der Waals surface area (Å²) in [7, 11) is 0. The Morgan fingerprint density at radius 1 is 1.32 bits per heavy atom. The Balaban J connectivity index is 1.83. The molecule has 1 amide bonds. The number of aromatic nitrogens is 4. The number of hydrogen-bond donors (Lipinski definition) is 2. The molecule has 0 fully saturated rings. The minimum atomic E-state index is -0.245. The average Bonchev–Trinajstić information content (AvgIpc) is 3.05. The first kappa shape index (κ1) is 13.8. The summed E-state index contributed by atoms with van der Waals surface area (Å²) in [5.41, 5.74) is 7.23. The molecule has 112 valence electrons. The van der Waals surface area contributed by atoms with Gasteiger partial charge in [-0.2, -0.15) is 9.90 Å². The smallest absolute Gasteiger partial charge is 0.254 e. The first-order valence-corrected chi connectivity index (χ1v) is 6.61. The number of nitrogens with one attached hydrogen (secondary N) is 1. The highest BCUT2D eigenvalue weighted by Gasteiger charge is 2.12. The third-order valence-electron chi connectivity index (χ3n) is 3.15. The van der Waals surface area contributed by atoms with Crippen molar-refractivity contribution in [3.05, 3.63) is 36.7 Å². The van der Waals surface area contributed by atoms with E-state index >= 15 is 0 Å². The zero-order chi connectivity index (χ0) is 15.7. The molecule has 0 atom stereocenters. The Morgan fingerprint density at radius 2 is 2.14 bits per heavy atom. The molecule has 0 bridgehead atoms.